The first-order valence-electron chi connectivity index (χ1n) is 6.07. The summed E-state index contributed by atoms with van der Waals surface area (Å²) in [7, 11) is 0. The van der Waals surface area contributed by atoms with E-state index in [4.69, 9.17) is 0 Å². The second-order valence-corrected chi connectivity index (χ2v) is 4.21. The van der Waals surface area contributed by atoms with Gasteiger partial charge in [0.2, 0.25) is 0 Å². The summed E-state index contributed by atoms with van der Waals surface area (Å²) in [6.45, 7) is 3.67. The van der Waals surface area contributed by atoms with Crippen LogP contribution in [0.3, 0.4) is 0 Å². The number of aromatic amines is 1. The van der Waals surface area contributed by atoms with Crippen molar-refractivity contribution in [2.24, 2.45) is 0 Å². The van der Waals surface area contributed by atoms with Gasteiger partial charge in [0, 0.05) is 23.6 Å². The van der Waals surface area contributed by atoms with E-state index in [1.807, 2.05) is 30.5 Å². The van der Waals surface area contributed by atoms with E-state index in [2.05, 4.69) is 22.2 Å². The van der Waals surface area contributed by atoms with Crippen LogP contribution in [0, 0.1) is 0 Å². The molecular weight excluding hydrogens is 226 g/mol. The molecule has 1 aromatic carbocycles. The lowest BCUT2D eigenvalue weighted by molar-refractivity contribution is 0.101. The zero-order valence-electron chi connectivity index (χ0n) is 10.6. The Labute approximate surface area is 106 Å². The van der Waals surface area contributed by atoms with E-state index < -0.39 is 0 Å². The smallest absolute Gasteiger partial charge is 0.159 e. The number of benzene rings is 1. The van der Waals surface area contributed by atoms with Gasteiger partial charge in [0.15, 0.2) is 5.78 Å². The number of hydrogen-bond acceptors (Lipinski definition) is 3. The molecular formula is C14H17N3O. The number of hydrogen-bond donors (Lipinski definition) is 2. The number of imidazole rings is 1. The van der Waals surface area contributed by atoms with E-state index in [0.717, 1.165) is 23.5 Å². The van der Waals surface area contributed by atoms with Crippen LogP contribution in [0.15, 0.2) is 36.7 Å². The summed E-state index contributed by atoms with van der Waals surface area (Å²) >= 11 is 0. The van der Waals surface area contributed by atoms with Crippen LogP contribution < -0.4 is 5.32 Å². The highest BCUT2D eigenvalue weighted by atomic mass is 16.1. The zero-order valence-corrected chi connectivity index (χ0v) is 10.6. The minimum absolute atomic E-state index is 0.0830. The van der Waals surface area contributed by atoms with E-state index in [1.54, 1.807) is 13.1 Å². The normalized spacial score (nSPS) is 12.1. The average Bonchev–Trinajstić information content (AvgIpc) is 2.90. The molecule has 0 fully saturated rings. The van der Waals surface area contributed by atoms with Crippen molar-refractivity contribution in [1.29, 1.82) is 0 Å². The highest BCUT2D eigenvalue weighted by molar-refractivity contribution is 5.94. The Morgan fingerprint density at radius 2 is 2.11 bits per heavy atom. The number of H-pyrrole nitrogens is 1. The molecule has 4 heteroatoms. The van der Waals surface area contributed by atoms with Gasteiger partial charge in [-0.1, -0.05) is 6.92 Å². The predicted molar refractivity (Wildman–Crippen MR) is 71.7 cm³/mol. The Balaban J connectivity index is 2.10. The van der Waals surface area contributed by atoms with Crippen LogP contribution in [-0.2, 0) is 0 Å². The maximum atomic E-state index is 11.2. The van der Waals surface area contributed by atoms with Gasteiger partial charge in [0.25, 0.3) is 0 Å². The average molecular weight is 243 g/mol. The monoisotopic (exact) mass is 243 g/mol. The van der Waals surface area contributed by atoms with Crippen molar-refractivity contribution in [1.82, 2.24) is 9.97 Å². The van der Waals surface area contributed by atoms with Crippen LogP contribution in [0.25, 0.3) is 0 Å². The van der Waals surface area contributed by atoms with Crippen molar-refractivity contribution in [2.45, 2.75) is 26.3 Å². The van der Waals surface area contributed by atoms with E-state index in [-0.39, 0.29) is 11.8 Å². The number of rotatable bonds is 5. The summed E-state index contributed by atoms with van der Waals surface area (Å²) in [4.78, 5) is 18.6. The third kappa shape index (κ3) is 2.77. The van der Waals surface area contributed by atoms with Gasteiger partial charge >= 0.3 is 0 Å². The quantitative estimate of drug-likeness (QED) is 0.793. The SMILES string of the molecule is CCC(Nc1ccc(C(C)=O)cc1)c1ncc[nH]1. The summed E-state index contributed by atoms with van der Waals surface area (Å²) in [5.74, 6) is 1.01. The molecule has 2 aromatic rings. The number of nitrogens with one attached hydrogen (secondary N) is 2. The molecule has 0 aliphatic carbocycles. The lowest BCUT2D eigenvalue weighted by Crippen LogP contribution is -2.11. The van der Waals surface area contributed by atoms with Crippen molar-refractivity contribution >= 4 is 11.5 Å². The molecule has 1 atom stereocenters. The van der Waals surface area contributed by atoms with Gasteiger partial charge in [-0.3, -0.25) is 4.79 Å². The number of nitrogens with zero attached hydrogens (tertiary/aromatic N) is 1. The van der Waals surface area contributed by atoms with Crippen LogP contribution in [-0.4, -0.2) is 15.8 Å². The first-order valence-corrected chi connectivity index (χ1v) is 6.07. The predicted octanol–water partition coefficient (Wildman–Crippen LogP) is 3.18. The Bertz CT molecular complexity index is 502. The number of aromatic nitrogens is 2. The summed E-state index contributed by atoms with van der Waals surface area (Å²) in [6.07, 6.45) is 4.50. The Kier molecular flexibility index (Phi) is 3.77. The molecule has 0 spiro atoms. The third-order valence-corrected chi connectivity index (χ3v) is 2.89. The van der Waals surface area contributed by atoms with Crippen molar-refractivity contribution in [3.8, 4) is 0 Å². The van der Waals surface area contributed by atoms with Gasteiger partial charge in [0.1, 0.15) is 5.82 Å². The maximum Gasteiger partial charge on any atom is 0.159 e. The van der Waals surface area contributed by atoms with Crippen molar-refractivity contribution < 1.29 is 4.79 Å². The molecule has 0 aliphatic heterocycles. The fourth-order valence-electron chi connectivity index (χ4n) is 1.83. The molecule has 18 heavy (non-hydrogen) atoms. The highest BCUT2D eigenvalue weighted by Gasteiger charge is 2.11. The minimum Gasteiger partial charge on any atom is -0.375 e. The van der Waals surface area contributed by atoms with E-state index in [9.17, 15) is 4.79 Å². The molecule has 4 nitrogen and oxygen atoms in total. The molecule has 0 bridgehead atoms. The van der Waals surface area contributed by atoms with Gasteiger partial charge in [-0.15, -0.1) is 0 Å². The number of carbonyl (C=O) groups excluding carboxylic acids is 1. The van der Waals surface area contributed by atoms with Crippen molar-refractivity contribution in [3.63, 3.8) is 0 Å². The topological polar surface area (TPSA) is 57.8 Å². The first-order chi connectivity index (χ1) is 8.70. The molecule has 0 amide bonds. The molecule has 1 unspecified atom stereocenters. The van der Waals surface area contributed by atoms with Crippen molar-refractivity contribution in [2.75, 3.05) is 5.32 Å². The van der Waals surface area contributed by atoms with Crippen LogP contribution in [0.2, 0.25) is 0 Å². The molecule has 0 radical (unpaired) electrons. The van der Waals surface area contributed by atoms with Gasteiger partial charge in [0.05, 0.1) is 6.04 Å². The fourth-order valence-corrected chi connectivity index (χ4v) is 1.83. The van der Waals surface area contributed by atoms with Gasteiger partial charge in [-0.25, -0.2) is 4.98 Å². The van der Waals surface area contributed by atoms with Gasteiger partial charge < -0.3 is 10.3 Å². The Morgan fingerprint density at radius 3 is 2.61 bits per heavy atom. The summed E-state index contributed by atoms with van der Waals surface area (Å²) < 4.78 is 0. The second-order valence-electron chi connectivity index (χ2n) is 4.21. The maximum absolute atomic E-state index is 11.2. The lowest BCUT2D eigenvalue weighted by atomic mass is 10.1. The molecule has 0 saturated carbocycles. The standard InChI is InChI=1S/C14H17N3O/c1-3-13(14-15-8-9-16-14)17-12-6-4-11(5-7-12)10(2)18/h4-9,13,17H,3H2,1-2H3,(H,15,16). The molecule has 0 saturated heterocycles. The molecule has 1 heterocycles. The highest BCUT2D eigenvalue weighted by Crippen LogP contribution is 2.20. The number of ketones is 1. The van der Waals surface area contributed by atoms with Crippen LogP contribution in [0.5, 0.6) is 0 Å². The molecule has 2 N–H and O–H groups in total. The van der Waals surface area contributed by atoms with E-state index in [0.29, 0.717) is 0 Å². The number of carbonyl (C=O) groups is 1. The largest absolute Gasteiger partial charge is 0.375 e. The second kappa shape index (κ2) is 5.49. The zero-order chi connectivity index (χ0) is 13.0. The van der Waals surface area contributed by atoms with Crippen LogP contribution in [0.1, 0.15) is 42.5 Å². The van der Waals surface area contributed by atoms with Gasteiger partial charge in [-0.2, -0.15) is 0 Å². The molecule has 94 valence electrons. The number of anilines is 1. The molecule has 1 aromatic heterocycles. The van der Waals surface area contributed by atoms with E-state index in [1.165, 1.54) is 0 Å². The third-order valence-electron chi connectivity index (χ3n) is 2.89. The van der Waals surface area contributed by atoms with Crippen molar-refractivity contribution in [3.05, 3.63) is 48.0 Å². The Hall–Kier alpha value is -2.10. The minimum atomic E-state index is 0.0830. The summed E-state index contributed by atoms with van der Waals surface area (Å²) in [5.41, 5.74) is 1.72. The number of Topliss-reactive ketones (excluding diaryl/α,β-unsaturated/α-hetero) is 1. The Morgan fingerprint density at radius 1 is 1.39 bits per heavy atom. The fraction of sp³-hybridized carbons (Fsp3) is 0.286. The van der Waals surface area contributed by atoms with Crippen LogP contribution >= 0.6 is 0 Å². The summed E-state index contributed by atoms with van der Waals surface area (Å²) in [5, 5.41) is 3.39. The van der Waals surface area contributed by atoms with E-state index >= 15 is 0 Å². The first kappa shape index (κ1) is 12.4. The lowest BCUT2D eigenvalue weighted by Gasteiger charge is -2.16. The molecule has 0 aliphatic rings. The van der Waals surface area contributed by atoms with Gasteiger partial charge in [-0.05, 0) is 37.6 Å². The summed E-state index contributed by atoms with van der Waals surface area (Å²) in [6, 6.07) is 7.66. The van der Waals surface area contributed by atoms with Crippen LogP contribution in [0.4, 0.5) is 5.69 Å². The molecule has 2 rings (SSSR count).